The Bertz CT molecular complexity index is 966. The van der Waals surface area contributed by atoms with E-state index in [1.165, 1.54) is 18.9 Å². The van der Waals surface area contributed by atoms with E-state index in [9.17, 15) is 4.39 Å². The zero-order valence-electron chi connectivity index (χ0n) is 18.9. The molecule has 2 fully saturated rings. The van der Waals surface area contributed by atoms with Crippen LogP contribution in [0.3, 0.4) is 0 Å². The van der Waals surface area contributed by atoms with Crippen LogP contribution in [0.4, 0.5) is 15.9 Å². The van der Waals surface area contributed by atoms with E-state index in [4.69, 9.17) is 21.3 Å². The average molecular weight is 459 g/mol. The number of hydrogen-bond acceptors (Lipinski definition) is 5. The van der Waals surface area contributed by atoms with Gasteiger partial charge in [-0.1, -0.05) is 18.5 Å². The van der Waals surface area contributed by atoms with Gasteiger partial charge in [-0.3, -0.25) is 0 Å². The third-order valence-corrected chi connectivity index (χ3v) is 6.80. The third-order valence-electron chi connectivity index (χ3n) is 6.49. The molecule has 5 nitrogen and oxygen atoms in total. The lowest BCUT2D eigenvalue weighted by Crippen LogP contribution is -2.35. The average Bonchev–Trinajstić information content (AvgIpc) is 3.53. The second-order valence-electron chi connectivity index (χ2n) is 9.28. The highest BCUT2D eigenvalue weighted by atomic mass is 35.5. The van der Waals surface area contributed by atoms with Crippen LogP contribution in [-0.2, 0) is 4.74 Å². The summed E-state index contributed by atoms with van der Waals surface area (Å²) in [5.74, 6) is 0.274. The van der Waals surface area contributed by atoms with Crippen molar-refractivity contribution in [3.05, 3.63) is 41.3 Å². The maximum absolute atomic E-state index is 14.7. The fourth-order valence-corrected chi connectivity index (χ4v) is 4.24. The van der Waals surface area contributed by atoms with Gasteiger partial charge >= 0.3 is 0 Å². The quantitative estimate of drug-likeness (QED) is 0.452. The number of nitrogens with one attached hydrogen (secondary N) is 2. The third kappa shape index (κ3) is 6.06. The van der Waals surface area contributed by atoms with Crippen LogP contribution in [0.2, 0.25) is 5.02 Å². The summed E-state index contributed by atoms with van der Waals surface area (Å²) in [5, 5.41) is 7.38. The van der Waals surface area contributed by atoms with Crippen LogP contribution < -0.4 is 10.6 Å². The highest BCUT2D eigenvalue weighted by Crippen LogP contribution is 2.45. The molecule has 0 spiro atoms. The number of anilines is 1. The highest BCUT2D eigenvalue weighted by Gasteiger charge is 2.36. The lowest BCUT2D eigenvalue weighted by atomic mass is 9.93. The molecule has 32 heavy (non-hydrogen) atoms. The lowest BCUT2D eigenvalue weighted by Gasteiger charge is -2.24. The minimum absolute atomic E-state index is 0.303. The number of nitrogens with zero attached hydrogens (tertiary/aromatic N) is 2. The van der Waals surface area contributed by atoms with Gasteiger partial charge in [-0.25, -0.2) is 14.4 Å². The molecule has 2 N–H and O–H groups in total. The van der Waals surface area contributed by atoms with E-state index in [2.05, 4.69) is 22.5 Å². The van der Waals surface area contributed by atoms with E-state index in [1.807, 2.05) is 6.07 Å². The minimum atomic E-state index is -0.303. The van der Waals surface area contributed by atoms with Crippen molar-refractivity contribution in [2.75, 3.05) is 32.1 Å². The first kappa shape index (κ1) is 23.1. The SMILES string of the molecule is COCCNC1CCC(=Nc2cc(-c3cc(NCC4(C)CC4)ccc3F)c(Cl)cn2)CC1. The Labute approximate surface area is 194 Å². The predicted molar refractivity (Wildman–Crippen MR) is 130 cm³/mol. The number of benzene rings is 1. The summed E-state index contributed by atoms with van der Waals surface area (Å²) in [6, 6.07) is 7.39. The molecule has 2 aliphatic rings. The second-order valence-corrected chi connectivity index (χ2v) is 9.69. The molecular formula is C25H32ClFN4O. The fourth-order valence-electron chi connectivity index (χ4n) is 4.04. The molecule has 0 saturated heterocycles. The first-order valence-electron chi connectivity index (χ1n) is 11.4. The van der Waals surface area contributed by atoms with Gasteiger partial charge in [-0.15, -0.1) is 0 Å². The zero-order chi connectivity index (χ0) is 22.6. The summed E-state index contributed by atoms with van der Waals surface area (Å²) >= 11 is 6.42. The Balaban J connectivity index is 1.47. The minimum Gasteiger partial charge on any atom is -0.384 e. The number of rotatable bonds is 9. The summed E-state index contributed by atoms with van der Waals surface area (Å²) in [4.78, 5) is 9.14. The number of hydrogen-bond donors (Lipinski definition) is 2. The standard InChI is InChI=1S/C25H32ClFN4O/c1-25(9-10-25)16-30-19-7-8-23(27)21(13-19)20-14-24(29-15-22(20)26)31-18-5-3-17(4-6-18)28-11-12-32-2/h7-8,13-15,17,28,30H,3-6,9-12,16H2,1-2H3. The van der Waals surface area contributed by atoms with Crippen molar-refractivity contribution in [1.29, 1.82) is 0 Å². The summed E-state index contributed by atoms with van der Waals surface area (Å²) in [5.41, 5.74) is 3.48. The Morgan fingerprint density at radius 3 is 2.72 bits per heavy atom. The Morgan fingerprint density at radius 2 is 2.00 bits per heavy atom. The van der Waals surface area contributed by atoms with E-state index >= 15 is 0 Å². The normalized spacial score (nSPS) is 19.6. The molecule has 0 aliphatic heterocycles. The van der Waals surface area contributed by atoms with Crippen molar-refractivity contribution in [3.63, 3.8) is 0 Å². The largest absolute Gasteiger partial charge is 0.384 e. The molecule has 4 rings (SSSR count). The van der Waals surface area contributed by atoms with Crippen molar-refractivity contribution in [2.45, 2.75) is 51.5 Å². The molecule has 0 amide bonds. The predicted octanol–water partition coefficient (Wildman–Crippen LogP) is 6.00. The number of aromatic nitrogens is 1. The molecule has 1 aromatic carbocycles. The molecule has 2 aromatic rings. The monoisotopic (exact) mass is 458 g/mol. The number of methoxy groups -OCH3 is 1. The van der Waals surface area contributed by atoms with Crippen LogP contribution in [0.15, 0.2) is 35.5 Å². The van der Waals surface area contributed by atoms with Crippen molar-refractivity contribution in [1.82, 2.24) is 10.3 Å². The van der Waals surface area contributed by atoms with Gasteiger partial charge in [-0.05, 0) is 68.2 Å². The van der Waals surface area contributed by atoms with Crippen LogP contribution in [0.1, 0.15) is 45.4 Å². The topological polar surface area (TPSA) is 58.5 Å². The summed E-state index contributed by atoms with van der Waals surface area (Å²) in [6.45, 7) is 4.75. The fraction of sp³-hybridized carbons (Fsp3) is 0.520. The maximum Gasteiger partial charge on any atom is 0.152 e. The molecule has 0 bridgehead atoms. The zero-order valence-corrected chi connectivity index (χ0v) is 19.6. The van der Waals surface area contributed by atoms with E-state index in [0.717, 1.165) is 56.8 Å². The van der Waals surface area contributed by atoms with Gasteiger partial charge in [0.2, 0.25) is 0 Å². The van der Waals surface area contributed by atoms with Gasteiger partial charge in [0.15, 0.2) is 5.82 Å². The lowest BCUT2D eigenvalue weighted by molar-refractivity contribution is 0.194. The van der Waals surface area contributed by atoms with Crippen molar-refractivity contribution < 1.29 is 9.13 Å². The molecule has 172 valence electrons. The summed E-state index contributed by atoms with van der Waals surface area (Å²) in [6.07, 6.45) is 7.98. The van der Waals surface area contributed by atoms with Gasteiger partial charge < -0.3 is 15.4 Å². The van der Waals surface area contributed by atoms with Crippen LogP contribution in [0, 0.1) is 11.2 Å². The van der Waals surface area contributed by atoms with Crippen molar-refractivity contribution in [2.24, 2.45) is 10.4 Å². The molecule has 0 radical (unpaired) electrons. The number of pyridine rings is 1. The number of ether oxygens (including phenoxy) is 1. The molecule has 2 saturated carbocycles. The molecule has 1 aromatic heterocycles. The van der Waals surface area contributed by atoms with Gasteiger partial charge in [0.25, 0.3) is 0 Å². The number of halogens is 2. The van der Waals surface area contributed by atoms with Crippen molar-refractivity contribution >= 4 is 28.8 Å². The maximum atomic E-state index is 14.7. The smallest absolute Gasteiger partial charge is 0.152 e. The van der Waals surface area contributed by atoms with Crippen LogP contribution in [-0.4, -0.2) is 43.5 Å². The summed E-state index contributed by atoms with van der Waals surface area (Å²) in [7, 11) is 1.72. The Hall–Kier alpha value is -2.02. The van der Waals surface area contributed by atoms with Crippen LogP contribution in [0.25, 0.3) is 11.1 Å². The van der Waals surface area contributed by atoms with E-state index in [-0.39, 0.29) is 5.82 Å². The van der Waals surface area contributed by atoms with Gasteiger partial charge in [-0.2, -0.15) is 0 Å². The molecule has 0 unspecified atom stereocenters. The van der Waals surface area contributed by atoms with Crippen LogP contribution in [0.5, 0.6) is 0 Å². The molecular weight excluding hydrogens is 427 g/mol. The second kappa shape index (κ2) is 10.3. The highest BCUT2D eigenvalue weighted by molar-refractivity contribution is 6.33. The summed E-state index contributed by atoms with van der Waals surface area (Å²) < 4.78 is 19.8. The molecule has 2 aliphatic carbocycles. The van der Waals surface area contributed by atoms with E-state index in [0.29, 0.717) is 33.4 Å². The van der Waals surface area contributed by atoms with Gasteiger partial charge in [0, 0.05) is 55.0 Å². The Kier molecular flexibility index (Phi) is 7.44. The molecule has 1 heterocycles. The first-order chi connectivity index (χ1) is 15.5. The molecule has 7 heteroatoms. The molecule has 0 atom stereocenters. The first-order valence-corrected chi connectivity index (χ1v) is 11.8. The van der Waals surface area contributed by atoms with Crippen molar-refractivity contribution in [3.8, 4) is 11.1 Å². The van der Waals surface area contributed by atoms with Gasteiger partial charge in [0.1, 0.15) is 5.82 Å². The number of aliphatic imine (C=N–C) groups is 1. The van der Waals surface area contributed by atoms with Crippen LogP contribution >= 0.6 is 11.6 Å². The van der Waals surface area contributed by atoms with Gasteiger partial charge in [0.05, 0.1) is 11.6 Å². The van der Waals surface area contributed by atoms with E-state index < -0.39 is 0 Å². The Morgan fingerprint density at radius 1 is 1.22 bits per heavy atom. The van der Waals surface area contributed by atoms with E-state index in [1.54, 1.807) is 25.4 Å².